The molecule has 3 heteroatoms. The standard InChI is InChI=1S/C11H10BrNO/c12-10-3-1-9(2-4-10)11(5-6-11)7-13-8-14/h1-4H,5-7H2. The molecule has 0 unspecified atom stereocenters. The summed E-state index contributed by atoms with van der Waals surface area (Å²) in [6.45, 7) is 0.581. The summed E-state index contributed by atoms with van der Waals surface area (Å²) in [6, 6.07) is 8.24. The molecule has 0 saturated heterocycles. The minimum absolute atomic E-state index is 0.137. The molecule has 0 heterocycles. The van der Waals surface area contributed by atoms with Crippen molar-refractivity contribution in [2.24, 2.45) is 4.99 Å². The van der Waals surface area contributed by atoms with E-state index >= 15 is 0 Å². The van der Waals surface area contributed by atoms with E-state index < -0.39 is 0 Å². The average molecular weight is 252 g/mol. The van der Waals surface area contributed by atoms with E-state index in [4.69, 9.17) is 0 Å². The molecule has 0 atom stereocenters. The van der Waals surface area contributed by atoms with Crippen LogP contribution in [0.15, 0.2) is 33.7 Å². The molecule has 1 aliphatic rings. The molecule has 0 N–H and O–H groups in total. The van der Waals surface area contributed by atoms with Gasteiger partial charge < -0.3 is 0 Å². The van der Waals surface area contributed by atoms with Crippen molar-refractivity contribution in [1.82, 2.24) is 0 Å². The van der Waals surface area contributed by atoms with Gasteiger partial charge >= 0.3 is 0 Å². The van der Waals surface area contributed by atoms with Crippen LogP contribution in [0.3, 0.4) is 0 Å². The van der Waals surface area contributed by atoms with Crippen LogP contribution < -0.4 is 0 Å². The van der Waals surface area contributed by atoms with Gasteiger partial charge in [-0.05, 0) is 30.5 Å². The fourth-order valence-electron chi connectivity index (χ4n) is 1.68. The Hall–Kier alpha value is -0.920. The Morgan fingerprint density at radius 1 is 1.36 bits per heavy atom. The van der Waals surface area contributed by atoms with E-state index in [9.17, 15) is 4.79 Å². The molecule has 1 fully saturated rings. The van der Waals surface area contributed by atoms with Crippen LogP contribution in [0, 0.1) is 0 Å². The minimum Gasteiger partial charge on any atom is -0.211 e. The minimum atomic E-state index is 0.137. The number of hydrogen-bond acceptors (Lipinski definition) is 2. The monoisotopic (exact) mass is 251 g/mol. The van der Waals surface area contributed by atoms with Gasteiger partial charge in [0.15, 0.2) is 0 Å². The van der Waals surface area contributed by atoms with Crippen LogP contribution in [0.5, 0.6) is 0 Å². The van der Waals surface area contributed by atoms with E-state index in [-0.39, 0.29) is 5.41 Å². The lowest BCUT2D eigenvalue weighted by Gasteiger charge is -2.11. The largest absolute Gasteiger partial charge is 0.234 e. The van der Waals surface area contributed by atoms with Crippen LogP contribution in [-0.2, 0) is 10.2 Å². The van der Waals surface area contributed by atoms with Crippen molar-refractivity contribution >= 4 is 22.0 Å². The molecule has 14 heavy (non-hydrogen) atoms. The zero-order valence-electron chi connectivity index (χ0n) is 7.66. The molecule has 0 radical (unpaired) electrons. The van der Waals surface area contributed by atoms with Gasteiger partial charge in [0, 0.05) is 9.89 Å². The van der Waals surface area contributed by atoms with Crippen LogP contribution in [0.25, 0.3) is 0 Å². The third-order valence-corrected chi connectivity index (χ3v) is 3.29. The van der Waals surface area contributed by atoms with Gasteiger partial charge in [-0.15, -0.1) is 0 Å². The van der Waals surface area contributed by atoms with Gasteiger partial charge in [0.2, 0.25) is 6.08 Å². The first-order valence-corrected chi connectivity index (χ1v) is 5.36. The summed E-state index contributed by atoms with van der Waals surface area (Å²) in [6.07, 6.45) is 3.86. The number of isocyanates is 1. The molecule has 0 bridgehead atoms. The zero-order valence-corrected chi connectivity index (χ0v) is 9.25. The summed E-state index contributed by atoms with van der Waals surface area (Å²) in [7, 11) is 0. The highest BCUT2D eigenvalue weighted by Gasteiger charge is 2.43. The van der Waals surface area contributed by atoms with Crippen LogP contribution >= 0.6 is 15.9 Å². The van der Waals surface area contributed by atoms with E-state index in [1.54, 1.807) is 6.08 Å². The molecule has 0 aromatic heterocycles. The number of carbonyl (C=O) groups excluding carboxylic acids is 1. The lowest BCUT2D eigenvalue weighted by Crippen LogP contribution is -2.10. The maximum atomic E-state index is 10.1. The number of halogens is 1. The van der Waals surface area contributed by atoms with Crippen molar-refractivity contribution in [2.45, 2.75) is 18.3 Å². The first-order valence-electron chi connectivity index (χ1n) is 4.56. The van der Waals surface area contributed by atoms with Crippen molar-refractivity contribution < 1.29 is 4.79 Å². The molecule has 1 aromatic rings. The molecule has 0 aliphatic heterocycles. The normalized spacial score (nSPS) is 17.2. The van der Waals surface area contributed by atoms with Crippen LogP contribution in [-0.4, -0.2) is 12.6 Å². The molecule has 72 valence electrons. The zero-order chi connectivity index (χ0) is 10.0. The number of rotatable bonds is 3. The molecular weight excluding hydrogens is 242 g/mol. The first kappa shape index (κ1) is 9.63. The smallest absolute Gasteiger partial charge is 0.211 e. The highest BCUT2D eigenvalue weighted by Crippen LogP contribution is 2.48. The van der Waals surface area contributed by atoms with Gasteiger partial charge in [-0.1, -0.05) is 28.1 Å². The third kappa shape index (κ3) is 1.79. The predicted molar refractivity (Wildman–Crippen MR) is 58.0 cm³/mol. The van der Waals surface area contributed by atoms with E-state index in [0.717, 1.165) is 17.3 Å². The Labute approximate surface area is 91.2 Å². The van der Waals surface area contributed by atoms with Gasteiger partial charge in [-0.25, -0.2) is 9.79 Å². The number of hydrogen-bond donors (Lipinski definition) is 0. The number of aliphatic imine (C=N–C) groups is 1. The SMILES string of the molecule is O=C=NCC1(c2ccc(Br)cc2)CC1. The van der Waals surface area contributed by atoms with Gasteiger partial charge in [0.05, 0.1) is 6.54 Å². The Kier molecular flexibility index (Phi) is 2.53. The average Bonchev–Trinajstić information content (AvgIpc) is 2.97. The van der Waals surface area contributed by atoms with E-state index in [1.807, 2.05) is 12.1 Å². The van der Waals surface area contributed by atoms with E-state index in [0.29, 0.717) is 6.54 Å². The fraction of sp³-hybridized carbons (Fsp3) is 0.364. The number of nitrogens with zero attached hydrogens (tertiary/aromatic N) is 1. The lowest BCUT2D eigenvalue weighted by atomic mass is 9.96. The predicted octanol–water partition coefficient (Wildman–Crippen LogP) is 2.82. The quantitative estimate of drug-likeness (QED) is 0.600. The van der Waals surface area contributed by atoms with Crippen molar-refractivity contribution in [3.05, 3.63) is 34.3 Å². The van der Waals surface area contributed by atoms with Gasteiger partial charge in [0.1, 0.15) is 0 Å². The van der Waals surface area contributed by atoms with E-state index in [1.165, 1.54) is 5.56 Å². The van der Waals surface area contributed by atoms with Gasteiger partial charge in [0.25, 0.3) is 0 Å². The van der Waals surface area contributed by atoms with Crippen molar-refractivity contribution in [3.8, 4) is 0 Å². The molecule has 1 aromatic carbocycles. The third-order valence-electron chi connectivity index (χ3n) is 2.76. The lowest BCUT2D eigenvalue weighted by molar-refractivity contribution is 0.559. The van der Waals surface area contributed by atoms with Crippen molar-refractivity contribution in [1.29, 1.82) is 0 Å². The van der Waals surface area contributed by atoms with E-state index in [2.05, 4.69) is 33.1 Å². The topological polar surface area (TPSA) is 29.4 Å². The molecule has 2 rings (SSSR count). The number of benzene rings is 1. The maximum Gasteiger partial charge on any atom is 0.234 e. The highest BCUT2D eigenvalue weighted by molar-refractivity contribution is 9.10. The van der Waals surface area contributed by atoms with Crippen molar-refractivity contribution in [2.75, 3.05) is 6.54 Å². The second kappa shape index (κ2) is 3.68. The summed E-state index contributed by atoms with van der Waals surface area (Å²) < 4.78 is 1.08. The second-order valence-electron chi connectivity index (χ2n) is 3.69. The van der Waals surface area contributed by atoms with Crippen molar-refractivity contribution in [3.63, 3.8) is 0 Å². The van der Waals surface area contributed by atoms with Gasteiger partial charge in [-0.3, -0.25) is 0 Å². The molecule has 1 saturated carbocycles. The Bertz CT molecular complexity index is 375. The molecule has 2 nitrogen and oxygen atoms in total. The maximum absolute atomic E-state index is 10.1. The summed E-state index contributed by atoms with van der Waals surface area (Å²) in [5.41, 5.74) is 1.41. The first-order chi connectivity index (χ1) is 6.77. The second-order valence-corrected chi connectivity index (χ2v) is 4.61. The van der Waals surface area contributed by atoms with Crippen LogP contribution in [0.1, 0.15) is 18.4 Å². The summed E-state index contributed by atoms with van der Waals surface area (Å²) in [4.78, 5) is 13.8. The summed E-state index contributed by atoms with van der Waals surface area (Å²) in [5, 5.41) is 0. The molecule has 0 spiro atoms. The summed E-state index contributed by atoms with van der Waals surface area (Å²) >= 11 is 3.40. The van der Waals surface area contributed by atoms with Crippen LogP contribution in [0.4, 0.5) is 0 Å². The molecule has 0 amide bonds. The fourth-order valence-corrected chi connectivity index (χ4v) is 1.94. The van der Waals surface area contributed by atoms with Crippen LogP contribution in [0.2, 0.25) is 0 Å². The Balaban J connectivity index is 2.21. The Morgan fingerprint density at radius 3 is 2.50 bits per heavy atom. The molecule has 1 aliphatic carbocycles. The Morgan fingerprint density at radius 2 is 2.00 bits per heavy atom. The summed E-state index contributed by atoms with van der Waals surface area (Å²) in [5.74, 6) is 0. The van der Waals surface area contributed by atoms with Gasteiger partial charge in [-0.2, -0.15) is 0 Å². The highest BCUT2D eigenvalue weighted by atomic mass is 79.9. The molecular formula is C11H10BrNO.